The highest BCUT2D eigenvalue weighted by Crippen LogP contribution is 2.30. The summed E-state index contributed by atoms with van der Waals surface area (Å²) < 4.78 is 1.79. The van der Waals surface area contributed by atoms with Crippen molar-refractivity contribution in [2.45, 2.75) is 13.3 Å². The predicted molar refractivity (Wildman–Crippen MR) is 80.7 cm³/mol. The lowest BCUT2D eigenvalue weighted by Crippen LogP contribution is -2.01. The zero-order chi connectivity index (χ0) is 13.2. The molecule has 19 heavy (non-hydrogen) atoms. The molecule has 3 aromatic rings. The van der Waals surface area contributed by atoms with E-state index in [9.17, 15) is 0 Å². The number of nitrogens with zero attached hydrogens (tertiary/aromatic N) is 2. The van der Waals surface area contributed by atoms with E-state index in [2.05, 4.69) is 23.5 Å². The summed E-state index contributed by atoms with van der Waals surface area (Å²) in [5, 5.41) is 6.74. The summed E-state index contributed by atoms with van der Waals surface area (Å²) in [6, 6.07) is 14.1. The van der Waals surface area contributed by atoms with Crippen molar-refractivity contribution in [3.63, 3.8) is 0 Å². The van der Waals surface area contributed by atoms with Crippen LogP contribution in [-0.4, -0.2) is 9.78 Å². The fourth-order valence-corrected chi connectivity index (χ4v) is 3.07. The molecule has 0 amide bonds. The van der Waals surface area contributed by atoms with E-state index in [0.717, 1.165) is 17.8 Å². The summed E-state index contributed by atoms with van der Waals surface area (Å²) in [7, 11) is 0. The topological polar surface area (TPSA) is 43.8 Å². The number of rotatable bonds is 3. The van der Waals surface area contributed by atoms with Crippen molar-refractivity contribution >= 4 is 17.2 Å². The van der Waals surface area contributed by atoms with Gasteiger partial charge in [0.05, 0.1) is 10.6 Å². The van der Waals surface area contributed by atoms with Crippen LogP contribution in [0.5, 0.6) is 0 Å². The molecule has 0 aliphatic carbocycles. The largest absolute Gasteiger partial charge is 0.384 e. The standard InChI is InChI=1S/C15H15N3S/c1-2-11-8-9-19-15(11)13-10-14(16)18(17-13)12-6-4-3-5-7-12/h3-10H,2,16H2,1H3. The normalized spacial score (nSPS) is 10.8. The molecule has 0 aliphatic rings. The second kappa shape index (κ2) is 4.90. The van der Waals surface area contributed by atoms with Gasteiger partial charge in [0.2, 0.25) is 0 Å². The maximum atomic E-state index is 6.08. The predicted octanol–water partition coefficient (Wildman–Crippen LogP) is 3.75. The van der Waals surface area contributed by atoms with Gasteiger partial charge in [-0.05, 0) is 35.6 Å². The van der Waals surface area contributed by atoms with Crippen molar-refractivity contribution in [3.05, 3.63) is 53.4 Å². The minimum Gasteiger partial charge on any atom is -0.384 e. The first kappa shape index (κ1) is 12.0. The molecule has 2 aromatic heterocycles. The van der Waals surface area contributed by atoms with E-state index in [1.807, 2.05) is 36.4 Å². The van der Waals surface area contributed by atoms with Crippen LogP contribution in [-0.2, 0) is 6.42 Å². The Kier molecular flexibility index (Phi) is 3.09. The first-order valence-electron chi connectivity index (χ1n) is 6.27. The van der Waals surface area contributed by atoms with Crippen molar-refractivity contribution in [2.24, 2.45) is 0 Å². The van der Waals surface area contributed by atoms with Crippen molar-refractivity contribution in [1.82, 2.24) is 9.78 Å². The summed E-state index contributed by atoms with van der Waals surface area (Å²) in [6.07, 6.45) is 1.01. The monoisotopic (exact) mass is 269 g/mol. The molecule has 0 spiro atoms. The lowest BCUT2D eigenvalue weighted by molar-refractivity contribution is 0.895. The van der Waals surface area contributed by atoms with Crippen LogP contribution in [0.15, 0.2) is 47.8 Å². The van der Waals surface area contributed by atoms with Gasteiger partial charge in [-0.15, -0.1) is 11.3 Å². The summed E-state index contributed by atoms with van der Waals surface area (Å²) in [6.45, 7) is 2.16. The molecule has 96 valence electrons. The van der Waals surface area contributed by atoms with E-state index in [1.54, 1.807) is 16.0 Å². The molecule has 0 atom stereocenters. The molecule has 0 unspecified atom stereocenters. The number of hydrogen-bond donors (Lipinski definition) is 1. The number of benzene rings is 1. The van der Waals surface area contributed by atoms with Crippen LogP contribution < -0.4 is 5.73 Å². The average Bonchev–Trinajstić information content (AvgIpc) is 3.05. The quantitative estimate of drug-likeness (QED) is 0.787. The van der Waals surface area contributed by atoms with Gasteiger partial charge in [-0.3, -0.25) is 0 Å². The van der Waals surface area contributed by atoms with E-state index < -0.39 is 0 Å². The molecule has 3 rings (SSSR count). The lowest BCUT2D eigenvalue weighted by Gasteiger charge is -2.02. The molecule has 0 radical (unpaired) electrons. The van der Waals surface area contributed by atoms with Gasteiger partial charge in [0.25, 0.3) is 0 Å². The molecule has 0 fully saturated rings. The number of anilines is 1. The van der Waals surface area contributed by atoms with Gasteiger partial charge in [0, 0.05) is 6.07 Å². The minimum atomic E-state index is 0.664. The van der Waals surface area contributed by atoms with Crippen molar-refractivity contribution in [2.75, 3.05) is 5.73 Å². The average molecular weight is 269 g/mol. The molecule has 4 heteroatoms. The Bertz CT molecular complexity index is 682. The Hall–Kier alpha value is -2.07. The third-order valence-corrected chi connectivity index (χ3v) is 4.08. The van der Waals surface area contributed by atoms with Crippen LogP contribution in [0.1, 0.15) is 12.5 Å². The molecule has 2 N–H and O–H groups in total. The first-order chi connectivity index (χ1) is 9.29. The number of aryl methyl sites for hydroxylation is 1. The number of nitrogen functional groups attached to an aromatic ring is 1. The summed E-state index contributed by atoms with van der Waals surface area (Å²) in [5.41, 5.74) is 9.34. The zero-order valence-electron chi connectivity index (χ0n) is 10.7. The summed E-state index contributed by atoms with van der Waals surface area (Å²) >= 11 is 1.71. The van der Waals surface area contributed by atoms with Crippen molar-refractivity contribution in [3.8, 4) is 16.3 Å². The van der Waals surface area contributed by atoms with E-state index in [1.165, 1.54) is 10.4 Å². The van der Waals surface area contributed by atoms with Gasteiger partial charge < -0.3 is 5.73 Å². The van der Waals surface area contributed by atoms with Gasteiger partial charge in [-0.1, -0.05) is 25.1 Å². The van der Waals surface area contributed by atoms with E-state index in [-0.39, 0.29) is 0 Å². The van der Waals surface area contributed by atoms with Gasteiger partial charge >= 0.3 is 0 Å². The van der Waals surface area contributed by atoms with Crippen LogP contribution in [0, 0.1) is 0 Å². The molecule has 0 bridgehead atoms. The molecular formula is C15H15N3S. The molecular weight excluding hydrogens is 254 g/mol. The molecule has 0 saturated heterocycles. The molecule has 0 saturated carbocycles. The molecule has 3 nitrogen and oxygen atoms in total. The highest BCUT2D eigenvalue weighted by molar-refractivity contribution is 7.13. The highest BCUT2D eigenvalue weighted by atomic mass is 32.1. The van der Waals surface area contributed by atoms with Crippen LogP contribution in [0.2, 0.25) is 0 Å². The third kappa shape index (κ3) is 2.15. The fourth-order valence-electron chi connectivity index (χ4n) is 2.12. The van der Waals surface area contributed by atoms with Gasteiger partial charge in [-0.25, -0.2) is 4.68 Å². The Labute approximate surface area is 116 Å². The third-order valence-electron chi connectivity index (χ3n) is 3.10. The van der Waals surface area contributed by atoms with Crippen LogP contribution in [0.3, 0.4) is 0 Å². The zero-order valence-corrected chi connectivity index (χ0v) is 11.5. The number of thiophene rings is 1. The number of aromatic nitrogens is 2. The highest BCUT2D eigenvalue weighted by Gasteiger charge is 2.12. The smallest absolute Gasteiger partial charge is 0.127 e. The van der Waals surface area contributed by atoms with Crippen molar-refractivity contribution in [1.29, 1.82) is 0 Å². The SMILES string of the molecule is CCc1ccsc1-c1cc(N)n(-c2ccccc2)n1. The van der Waals surface area contributed by atoms with Gasteiger partial charge in [0.1, 0.15) is 11.5 Å². The molecule has 0 aliphatic heterocycles. The Morgan fingerprint density at radius 3 is 2.74 bits per heavy atom. The molecule has 1 aromatic carbocycles. The first-order valence-corrected chi connectivity index (χ1v) is 7.15. The van der Waals surface area contributed by atoms with Crippen LogP contribution in [0.25, 0.3) is 16.3 Å². The number of para-hydroxylation sites is 1. The second-order valence-corrected chi connectivity index (χ2v) is 5.25. The van der Waals surface area contributed by atoms with Crippen molar-refractivity contribution < 1.29 is 0 Å². The van der Waals surface area contributed by atoms with Crippen LogP contribution in [0.4, 0.5) is 5.82 Å². The number of hydrogen-bond acceptors (Lipinski definition) is 3. The Morgan fingerprint density at radius 2 is 2.00 bits per heavy atom. The number of nitrogens with two attached hydrogens (primary N) is 1. The Morgan fingerprint density at radius 1 is 1.21 bits per heavy atom. The van der Waals surface area contributed by atoms with E-state index >= 15 is 0 Å². The van der Waals surface area contributed by atoms with E-state index in [4.69, 9.17) is 5.73 Å². The summed E-state index contributed by atoms with van der Waals surface area (Å²) in [4.78, 5) is 1.21. The minimum absolute atomic E-state index is 0.664. The van der Waals surface area contributed by atoms with Gasteiger partial charge in [-0.2, -0.15) is 5.10 Å². The van der Waals surface area contributed by atoms with E-state index in [0.29, 0.717) is 5.82 Å². The molecule has 2 heterocycles. The van der Waals surface area contributed by atoms with Crippen LogP contribution >= 0.6 is 11.3 Å². The maximum absolute atomic E-state index is 6.08. The summed E-state index contributed by atoms with van der Waals surface area (Å²) in [5.74, 6) is 0.664. The maximum Gasteiger partial charge on any atom is 0.127 e. The lowest BCUT2D eigenvalue weighted by atomic mass is 10.2. The second-order valence-electron chi connectivity index (χ2n) is 4.33. The van der Waals surface area contributed by atoms with Gasteiger partial charge in [0.15, 0.2) is 0 Å². The Balaban J connectivity index is 2.07. The fraction of sp³-hybridized carbons (Fsp3) is 0.133.